The number of amides is 1. The van der Waals surface area contributed by atoms with Crippen LogP contribution in [0.25, 0.3) is 21.7 Å². The molecule has 1 N–H and O–H groups in total. The molecule has 0 aliphatic carbocycles. The minimum atomic E-state index is -0.278. The summed E-state index contributed by atoms with van der Waals surface area (Å²) in [5.41, 5.74) is 3.32. The maximum absolute atomic E-state index is 12.9. The first-order valence-corrected chi connectivity index (χ1v) is 10.2. The fraction of sp³-hybridized carbons (Fsp3) is 0.0833. The molecule has 0 fully saturated rings. The number of nitrogens with zero attached hydrogens (tertiary/aromatic N) is 1. The van der Waals surface area contributed by atoms with E-state index >= 15 is 0 Å². The number of carbonyl (C=O) groups is 1. The summed E-state index contributed by atoms with van der Waals surface area (Å²) in [7, 11) is 3.10. The zero-order valence-electron chi connectivity index (χ0n) is 16.6. The van der Waals surface area contributed by atoms with Crippen molar-refractivity contribution in [1.29, 1.82) is 0 Å². The van der Waals surface area contributed by atoms with E-state index < -0.39 is 0 Å². The number of anilines is 1. The molecule has 150 valence electrons. The molecule has 0 aliphatic rings. The minimum absolute atomic E-state index is 0.278. The summed E-state index contributed by atoms with van der Waals surface area (Å²) in [6.07, 6.45) is 0. The molecule has 0 spiro atoms. The molecule has 4 rings (SSSR count). The van der Waals surface area contributed by atoms with Gasteiger partial charge in [0.1, 0.15) is 11.5 Å². The van der Waals surface area contributed by atoms with Crippen LogP contribution in [0.4, 0.5) is 5.13 Å². The summed E-state index contributed by atoms with van der Waals surface area (Å²) in [4.78, 5) is 18.6. The van der Waals surface area contributed by atoms with E-state index in [0.717, 1.165) is 21.7 Å². The number of benzene rings is 3. The number of carbonyl (C=O) groups excluding carboxylic acids is 1. The van der Waals surface area contributed by atoms with Gasteiger partial charge >= 0.3 is 0 Å². The largest absolute Gasteiger partial charge is 0.497 e. The molecule has 3 aromatic carbocycles. The van der Waals surface area contributed by atoms with Crippen LogP contribution in [-0.2, 0) is 0 Å². The lowest BCUT2D eigenvalue weighted by molar-refractivity contribution is 0.102. The number of hydrogen-bond donors (Lipinski definition) is 1. The van der Waals surface area contributed by atoms with E-state index in [1.807, 2.05) is 60.7 Å². The Hall–Kier alpha value is -3.64. The van der Waals surface area contributed by atoms with Crippen molar-refractivity contribution in [3.63, 3.8) is 0 Å². The third kappa shape index (κ3) is 4.18. The highest BCUT2D eigenvalue weighted by molar-refractivity contribution is 7.19. The van der Waals surface area contributed by atoms with E-state index in [1.54, 1.807) is 32.4 Å². The van der Waals surface area contributed by atoms with Gasteiger partial charge in [0.15, 0.2) is 5.13 Å². The van der Waals surface area contributed by atoms with E-state index in [4.69, 9.17) is 14.5 Å². The summed E-state index contributed by atoms with van der Waals surface area (Å²) < 4.78 is 10.5. The van der Waals surface area contributed by atoms with Crippen LogP contribution in [0, 0.1) is 0 Å². The highest BCUT2D eigenvalue weighted by Gasteiger charge is 2.17. The third-order valence-electron chi connectivity index (χ3n) is 4.54. The molecule has 0 bridgehead atoms. The number of hydrogen-bond acceptors (Lipinski definition) is 5. The zero-order chi connectivity index (χ0) is 20.9. The van der Waals surface area contributed by atoms with E-state index in [2.05, 4.69) is 5.32 Å². The van der Waals surface area contributed by atoms with Crippen molar-refractivity contribution in [2.24, 2.45) is 0 Å². The maximum Gasteiger partial charge on any atom is 0.257 e. The van der Waals surface area contributed by atoms with Crippen LogP contribution < -0.4 is 14.8 Å². The Bertz CT molecular complexity index is 1080. The molecule has 0 unspecified atom stereocenters. The van der Waals surface area contributed by atoms with Crippen molar-refractivity contribution in [2.75, 3.05) is 19.5 Å². The highest BCUT2D eigenvalue weighted by Crippen LogP contribution is 2.39. The third-order valence-corrected chi connectivity index (χ3v) is 5.56. The Kier molecular flexibility index (Phi) is 5.77. The summed E-state index contributed by atoms with van der Waals surface area (Å²) in [5.74, 6) is 0.822. The number of methoxy groups -OCH3 is 2. The van der Waals surface area contributed by atoms with Crippen molar-refractivity contribution < 1.29 is 14.3 Å². The Balaban J connectivity index is 1.70. The minimum Gasteiger partial charge on any atom is -0.497 e. The SMILES string of the molecule is COc1cc(OC)cc(C(=O)Nc2nc(-c3ccccc3)c(-c3ccccc3)s2)c1. The quantitative estimate of drug-likeness (QED) is 0.435. The zero-order valence-corrected chi connectivity index (χ0v) is 17.4. The fourth-order valence-corrected chi connectivity index (χ4v) is 4.05. The molecule has 1 aromatic heterocycles. The molecular formula is C24H20N2O3S. The maximum atomic E-state index is 12.9. The predicted molar refractivity (Wildman–Crippen MR) is 120 cm³/mol. The number of aromatic nitrogens is 1. The fourth-order valence-electron chi connectivity index (χ4n) is 3.06. The van der Waals surface area contributed by atoms with Gasteiger partial charge in [-0.25, -0.2) is 4.98 Å². The van der Waals surface area contributed by atoms with Gasteiger partial charge in [-0.2, -0.15) is 0 Å². The second-order valence-electron chi connectivity index (χ2n) is 6.48. The molecule has 5 nitrogen and oxygen atoms in total. The molecule has 30 heavy (non-hydrogen) atoms. The van der Waals surface area contributed by atoms with Crippen LogP contribution in [-0.4, -0.2) is 25.1 Å². The first kappa shape index (κ1) is 19.7. The molecule has 0 atom stereocenters. The van der Waals surface area contributed by atoms with E-state index in [0.29, 0.717) is 22.2 Å². The summed E-state index contributed by atoms with van der Waals surface area (Å²) in [5, 5.41) is 3.45. The van der Waals surface area contributed by atoms with Crippen LogP contribution in [0.3, 0.4) is 0 Å². The molecule has 1 amide bonds. The summed E-state index contributed by atoms with van der Waals surface area (Å²) in [6.45, 7) is 0. The predicted octanol–water partition coefficient (Wildman–Crippen LogP) is 5.75. The van der Waals surface area contributed by atoms with Gasteiger partial charge in [0.2, 0.25) is 0 Å². The van der Waals surface area contributed by atoms with E-state index in [-0.39, 0.29) is 5.91 Å². The Morgan fingerprint density at radius 1 is 0.833 bits per heavy atom. The molecule has 0 saturated carbocycles. The molecular weight excluding hydrogens is 396 g/mol. The van der Waals surface area contributed by atoms with Crippen molar-refractivity contribution in [1.82, 2.24) is 4.98 Å². The van der Waals surface area contributed by atoms with Crippen LogP contribution >= 0.6 is 11.3 Å². The van der Waals surface area contributed by atoms with Gasteiger partial charge < -0.3 is 9.47 Å². The second kappa shape index (κ2) is 8.80. The van der Waals surface area contributed by atoms with Gasteiger partial charge in [0, 0.05) is 17.2 Å². The van der Waals surface area contributed by atoms with Crippen molar-refractivity contribution in [3.05, 3.63) is 84.4 Å². The molecule has 0 radical (unpaired) electrons. The van der Waals surface area contributed by atoms with Crippen LogP contribution in [0.5, 0.6) is 11.5 Å². The van der Waals surface area contributed by atoms with E-state index in [1.165, 1.54) is 11.3 Å². The lowest BCUT2D eigenvalue weighted by Crippen LogP contribution is -2.12. The lowest BCUT2D eigenvalue weighted by atomic mass is 10.1. The van der Waals surface area contributed by atoms with Crippen LogP contribution in [0.15, 0.2) is 78.9 Å². The summed E-state index contributed by atoms with van der Waals surface area (Å²) >= 11 is 1.44. The van der Waals surface area contributed by atoms with Gasteiger partial charge in [-0.15, -0.1) is 0 Å². The first-order valence-electron chi connectivity index (χ1n) is 9.34. The van der Waals surface area contributed by atoms with E-state index in [9.17, 15) is 4.79 Å². The van der Waals surface area contributed by atoms with Gasteiger partial charge in [-0.3, -0.25) is 10.1 Å². The Morgan fingerprint density at radius 2 is 1.40 bits per heavy atom. The molecule has 0 saturated heterocycles. The van der Waals surface area contributed by atoms with Crippen LogP contribution in [0.2, 0.25) is 0 Å². The van der Waals surface area contributed by atoms with Crippen molar-refractivity contribution >= 4 is 22.4 Å². The molecule has 6 heteroatoms. The van der Waals surface area contributed by atoms with Gasteiger partial charge in [-0.1, -0.05) is 72.0 Å². The van der Waals surface area contributed by atoms with Gasteiger partial charge in [0.05, 0.1) is 24.8 Å². The number of nitrogens with one attached hydrogen (secondary N) is 1. The molecule has 4 aromatic rings. The number of ether oxygens (including phenoxy) is 2. The van der Waals surface area contributed by atoms with Crippen LogP contribution in [0.1, 0.15) is 10.4 Å². The topological polar surface area (TPSA) is 60.5 Å². The lowest BCUT2D eigenvalue weighted by Gasteiger charge is -2.08. The number of thiazole rings is 1. The molecule has 0 aliphatic heterocycles. The Labute approximate surface area is 178 Å². The average Bonchev–Trinajstić information content (AvgIpc) is 3.23. The van der Waals surface area contributed by atoms with Gasteiger partial charge in [0.25, 0.3) is 5.91 Å². The molecule has 1 heterocycles. The van der Waals surface area contributed by atoms with Crippen molar-refractivity contribution in [3.8, 4) is 33.2 Å². The normalized spacial score (nSPS) is 10.5. The second-order valence-corrected chi connectivity index (χ2v) is 7.48. The number of rotatable bonds is 6. The first-order chi connectivity index (χ1) is 14.7. The standard InChI is InChI=1S/C24H20N2O3S/c1-28-19-13-18(14-20(15-19)29-2)23(27)26-24-25-21(16-9-5-3-6-10-16)22(30-24)17-11-7-4-8-12-17/h3-15H,1-2H3,(H,25,26,27). The summed E-state index contributed by atoms with van der Waals surface area (Å²) in [6, 6.07) is 25.0. The average molecular weight is 417 g/mol. The Morgan fingerprint density at radius 3 is 1.97 bits per heavy atom. The highest BCUT2D eigenvalue weighted by atomic mass is 32.1. The van der Waals surface area contributed by atoms with Crippen molar-refractivity contribution in [2.45, 2.75) is 0 Å². The van der Waals surface area contributed by atoms with Gasteiger partial charge in [-0.05, 0) is 17.7 Å². The monoisotopic (exact) mass is 416 g/mol. The smallest absolute Gasteiger partial charge is 0.257 e.